The molecule has 3 aliphatic rings. The molecule has 5 rings (SSSR count). The third kappa shape index (κ3) is 3.69. The van der Waals surface area contributed by atoms with Gasteiger partial charge in [-0.1, -0.05) is 0 Å². The van der Waals surface area contributed by atoms with Crippen molar-refractivity contribution in [2.75, 3.05) is 45.8 Å². The van der Waals surface area contributed by atoms with Gasteiger partial charge in [0.05, 0.1) is 32.0 Å². The first-order valence-electron chi connectivity index (χ1n) is 11.3. The number of nitrogens with one attached hydrogen (secondary N) is 1. The van der Waals surface area contributed by atoms with E-state index in [1.807, 2.05) is 6.07 Å². The fourth-order valence-electron chi connectivity index (χ4n) is 5.18. The number of aryl methyl sites for hydroxylation is 1. The molecule has 162 valence electrons. The summed E-state index contributed by atoms with van der Waals surface area (Å²) in [6.07, 6.45) is 7.97. The lowest BCUT2D eigenvalue weighted by Crippen LogP contribution is -2.45. The van der Waals surface area contributed by atoms with Crippen LogP contribution in [0.4, 0.5) is 5.69 Å². The molecule has 2 saturated heterocycles. The molecule has 0 spiro atoms. The highest BCUT2D eigenvalue weighted by molar-refractivity contribution is 5.91. The van der Waals surface area contributed by atoms with Crippen molar-refractivity contribution in [1.82, 2.24) is 14.9 Å². The molecular formula is C23H32N4O3. The van der Waals surface area contributed by atoms with E-state index < -0.39 is 0 Å². The molecule has 2 fully saturated rings. The van der Waals surface area contributed by atoms with Gasteiger partial charge in [0.15, 0.2) is 5.75 Å². The molecule has 4 heterocycles. The van der Waals surface area contributed by atoms with Gasteiger partial charge in [-0.15, -0.1) is 0 Å². The second-order valence-corrected chi connectivity index (χ2v) is 8.66. The summed E-state index contributed by atoms with van der Waals surface area (Å²) in [5, 5.41) is 3.90. The third-order valence-electron chi connectivity index (χ3n) is 6.88. The smallest absolute Gasteiger partial charge is 0.257 e. The van der Waals surface area contributed by atoms with E-state index in [4.69, 9.17) is 24.2 Å². The zero-order valence-corrected chi connectivity index (χ0v) is 18.1. The number of hydrogen-bond acceptors (Lipinski definition) is 7. The number of ether oxygens (including phenoxy) is 3. The average Bonchev–Trinajstić information content (AvgIpc) is 3.33. The Morgan fingerprint density at radius 3 is 2.63 bits per heavy atom. The molecule has 1 N–H and O–H groups in total. The minimum atomic E-state index is 0.454. The fourth-order valence-corrected chi connectivity index (χ4v) is 5.18. The molecule has 1 atom stereocenters. The highest BCUT2D eigenvalue weighted by Crippen LogP contribution is 2.37. The molecule has 30 heavy (non-hydrogen) atoms. The number of piperidine rings is 1. The third-order valence-corrected chi connectivity index (χ3v) is 6.88. The maximum absolute atomic E-state index is 5.59. The van der Waals surface area contributed by atoms with Gasteiger partial charge in [-0.25, -0.2) is 4.98 Å². The van der Waals surface area contributed by atoms with Gasteiger partial charge in [-0.05, 0) is 50.5 Å². The quantitative estimate of drug-likeness (QED) is 0.809. The molecule has 2 aromatic rings. The predicted octanol–water partition coefficient (Wildman–Crippen LogP) is 3.19. The maximum Gasteiger partial charge on any atom is 0.257 e. The Hall–Kier alpha value is -2.12. The van der Waals surface area contributed by atoms with E-state index >= 15 is 0 Å². The van der Waals surface area contributed by atoms with Crippen LogP contribution in [-0.2, 0) is 17.6 Å². The second kappa shape index (κ2) is 8.55. The van der Waals surface area contributed by atoms with E-state index in [0.717, 1.165) is 63.0 Å². The summed E-state index contributed by atoms with van der Waals surface area (Å²) in [4.78, 5) is 12.4. The Balaban J connectivity index is 1.45. The number of nitrogens with zero attached hydrogens (tertiary/aromatic N) is 3. The van der Waals surface area contributed by atoms with Crippen LogP contribution in [0.5, 0.6) is 11.6 Å². The summed E-state index contributed by atoms with van der Waals surface area (Å²) in [6.45, 7) is 4.06. The van der Waals surface area contributed by atoms with E-state index in [1.165, 1.54) is 36.2 Å². The van der Waals surface area contributed by atoms with Gasteiger partial charge in [0, 0.05) is 43.5 Å². The largest absolute Gasteiger partial charge is 0.491 e. The van der Waals surface area contributed by atoms with Crippen LogP contribution in [0, 0.1) is 0 Å². The number of likely N-dealkylation sites (tertiary alicyclic amines) is 1. The van der Waals surface area contributed by atoms with Crippen LogP contribution in [-0.4, -0.2) is 67.5 Å². The van der Waals surface area contributed by atoms with Crippen LogP contribution < -0.4 is 14.8 Å². The predicted molar refractivity (Wildman–Crippen MR) is 117 cm³/mol. The van der Waals surface area contributed by atoms with Crippen LogP contribution in [0.1, 0.15) is 43.4 Å². The highest BCUT2D eigenvalue weighted by Gasteiger charge is 2.29. The van der Waals surface area contributed by atoms with Crippen molar-refractivity contribution in [1.29, 1.82) is 0 Å². The Labute approximate surface area is 178 Å². The van der Waals surface area contributed by atoms with Crippen LogP contribution >= 0.6 is 0 Å². The fraction of sp³-hybridized carbons (Fsp3) is 0.652. The number of aromatic nitrogens is 2. The number of pyridine rings is 2. The molecule has 7 heteroatoms. The van der Waals surface area contributed by atoms with Gasteiger partial charge in [0.2, 0.25) is 0 Å². The molecule has 0 saturated carbocycles. The highest BCUT2D eigenvalue weighted by atomic mass is 16.5. The first-order chi connectivity index (χ1) is 14.8. The summed E-state index contributed by atoms with van der Waals surface area (Å²) in [5.41, 5.74) is 5.51. The summed E-state index contributed by atoms with van der Waals surface area (Å²) in [7, 11) is 3.28. The number of anilines is 1. The number of hydrogen-bond donors (Lipinski definition) is 1. The van der Waals surface area contributed by atoms with E-state index in [1.54, 1.807) is 14.2 Å². The van der Waals surface area contributed by atoms with Crippen LogP contribution in [0.15, 0.2) is 6.07 Å². The minimum Gasteiger partial charge on any atom is -0.491 e. The van der Waals surface area contributed by atoms with Crippen molar-refractivity contribution in [2.24, 2.45) is 0 Å². The first kappa shape index (κ1) is 19.8. The van der Waals surface area contributed by atoms with Gasteiger partial charge in [-0.3, -0.25) is 9.88 Å². The monoisotopic (exact) mass is 412 g/mol. The summed E-state index contributed by atoms with van der Waals surface area (Å²) in [5.74, 6) is 1.15. The van der Waals surface area contributed by atoms with Crippen molar-refractivity contribution in [3.63, 3.8) is 0 Å². The Morgan fingerprint density at radius 2 is 1.90 bits per heavy atom. The Bertz CT molecular complexity index is 900. The van der Waals surface area contributed by atoms with Crippen molar-refractivity contribution < 1.29 is 14.2 Å². The summed E-state index contributed by atoms with van der Waals surface area (Å²) in [6, 6.07) is 3.03. The van der Waals surface area contributed by atoms with Gasteiger partial charge in [-0.2, -0.15) is 0 Å². The van der Waals surface area contributed by atoms with Crippen molar-refractivity contribution in [3.05, 3.63) is 17.3 Å². The molecule has 0 bridgehead atoms. The van der Waals surface area contributed by atoms with E-state index in [9.17, 15) is 0 Å². The van der Waals surface area contributed by atoms with Crippen LogP contribution in [0.2, 0.25) is 0 Å². The molecule has 2 aliphatic heterocycles. The van der Waals surface area contributed by atoms with Gasteiger partial charge in [0.1, 0.15) is 5.52 Å². The van der Waals surface area contributed by atoms with E-state index in [2.05, 4.69) is 10.2 Å². The minimum absolute atomic E-state index is 0.454. The van der Waals surface area contributed by atoms with Crippen molar-refractivity contribution in [3.8, 4) is 11.6 Å². The topological polar surface area (TPSA) is 68.7 Å². The van der Waals surface area contributed by atoms with Crippen molar-refractivity contribution in [2.45, 2.75) is 57.0 Å². The second-order valence-electron chi connectivity index (χ2n) is 8.66. The maximum atomic E-state index is 5.59. The number of fused-ring (bicyclic) bond motifs is 2. The van der Waals surface area contributed by atoms with Gasteiger partial charge >= 0.3 is 0 Å². The number of rotatable bonds is 5. The zero-order valence-electron chi connectivity index (χ0n) is 18.1. The Kier molecular flexibility index (Phi) is 5.65. The molecule has 7 nitrogen and oxygen atoms in total. The zero-order chi connectivity index (χ0) is 20.5. The lowest BCUT2D eigenvalue weighted by atomic mass is 9.93. The summed E-state index contributed by atoms with van der Waals surface area (Å²) >= 11 is 0. The van der Waals surface area contributed by atoms with Crippen molar-refractivity contribution >= 4 is 16.7 Å². The molecule has 0 amide bonds. The normalized spacial score (nSPS) is 22.8. The number of methoxy groups -OCH3 is 2. The SMILES string of the molecule is COc1cc2nc3c(c(NC4CCN([C@@H]5CCOC5)CC4)c2nc1OC)CCCC3. The van der Waals surface area contributed by atoms with Gasteiger partial charge in [0.25, 0.3) is 5.88 Å². The lowest BCUT2D eigenvalue weighted by Gasteiger charge is -2.36. The van der Waals surface area contributed by atoms with E-state index in [-0.39, 0.29) is 0 Å². The molecule has 0 radical (unpaired) electrons. The molecule has 0 aromatic carbocycles. The molecule has 0 unspecified atom stereocenters. The summed E-state index contributed by atoms with van der Waals surface area (Å²) < 4.78 is 16.6. The van der Waals surface area contributed by atoms with Crippen LogP contribution in [0.3, 0.4) is 0 Å². The molecular weight excluding hydrogens is 380 g/mol. The first-order valence-corrected chi connectivity index (χ1v) is 11.3. The average molecular weight is 413 g/mol. The van der Waals surface area contributed by atoms with Gasteiger partial charge < -0.3 is 19.5 Å². The standard InChI is InChI=1S/C23H32N4O3/c1-28-20-13-19-22(26-23(20)29-2)21(17-5-3-4-6-18(17)25-19)24-15-7-10-27(11-8-15)16-9-12-30-14-16/h13,15-16H,3-12,14H2,1-2H3,(H,24,25)/t16-/m1/s1. The molecule has 1 aliphatic carbocycles. The van der Waals surface area contributed by atoms with Crippen LogP contribution in [0.25, 0.3) is 11.0 Å². The lowest BCUT2D eigenvalue weighted by molar-refractivity contribution is 0.124. The molecule has 2 aromatic heterocycles. The Morgan fingerprint density at radius 1 is 1.07 bits per heavy atom. The van der Waals surface area contributed by atoms with E-state index in [0.29, 0.717) is 23.7 Å².